The number of imide groups is 1. The smallest absolute Gasteiger partial charge is 0.333 e. The summed E-state index contributed by atoms with van der Waals surface area (Å²) < 4.78 is 1.47. The van der Waals surface area contributed by atoms with E-state index in [-0.39, 0.29) is 23.7 Å². The molecule has 0 unspecified atom stereocenters. The lowest BCUT2D eigenvalue weighted by Gasteiger charge is -2.15. The molecule has 1 aromatic heterocycles. The van der Waals surface area contributed by atoms with E-state index in [0.29, 0.717) is 4.57 Å². The maximum atomic E-state index is 12.9. The van der Waals surface area contributed by atoms with Gasteiger partial charge in [0, 0.05) is 26.7 Å². The molecule has 31 heavy (non-hydrogen) atoms. The van der Waals surface area contributed by atoms with Crippen LogP contribution in [0.2, 0.25) is 0 Å². The van der Waals surface area contributed by atoms with Gasteiger partial charge in [0.25, 0.3) is 23.1 Å². The van der Waals surface area contributed by atoms with Crippen molar-refractivity contribution in [2.75, 3.05) is 6.54 Å². The number of amides is 2. The maximum Gasteiger partial charge on any atom is 0.333 e. The molecule has 0 fully saturated rings. The van der Waals surface area contributed by atoms with Gasteiger partial charge in [-0.15, -0.1) is 10.2 Å². The Kier molecular flexibility index (Phi) is 5.27. The van der Waals surface area contributed by atoms with Crippen LogP contribution in [-0.2, 0) is 14.1 Å². The SMILES string of the molecule is CC(C)CN1C(=O)c2c(N=Nc3c(O)n(C)c(=O)n(C)c3=O)ccc([N+](=O)[O-])c2C1=O. The molecule has 13 heteroatoms. The van der Waals surface area contributed by atoms with Gasteiger partial charge in [-0.25, -0.2) is 4.79 Å². The first-order valence-corrected chi connectivity index (χ1v) is 9.05. The van der Waals surface area contributed by atoms with Gasteiger partial charge in [0.1, 0.15) is 5.56 Å². The first kappa shape index (κ1) is 21.5. The number of benzene rings is 1. The zero-order valence-electron chi connectivity index (χ0n) is 17.0. The van der Waals surface area contributed by atoms with Crippen LogP contribution in [0, 0.1) is 16.0 Å². The van der Waals surface area contributed by atoms with Gasteiger partial charge in [0.15, 0.2) is 0 Å². The van der Waals surface area contributed by atoms with E-state index < -0.39 is 50.8 Å². The molecule has 0 saturated carbocycles. The average Bonchev–Trinajstić information content (AvgIpc) is 2.95. The standard InChI is InChI=1S/C18H18N6O7/c1-8(2)7-23-14(25)11-9(5-6-10(24(30)31)12(11)15(23)26)19-20-13-16(27)21(3)18(29)22(4)17(13)28/h5-6,8,27H,7H2,1-4H3. The van der Waals surface area contributed by atoms with Crippen LogP contribution in [0.25, 0.3) is 0 Å². The first-order chi connectivity index (χ1) is 14.5. The summed E-state index contributed by atoms with van der Waals surface area (Å²) in [5.74, 6) is -2.43. The predicted molar refractivity (Wildman–Crippen MR) is 106 cm³/mol. The van der Waals surface area contributed by atoms with E-state index in [2.05, 4.69) is 10.2 Å². The van der Waals surface area contributed by atoms with Gasteiger partial charge in [-0.1, -0.05) is 13.8 Å². The molecule has 0 bridgehead atoms. The molecule has 0 saturated heterocycles. The molecule has 1 aromatic carbocycles. The predicted octanol–water partition coefficient (Wildman–Crippen LogP) is 1.37. The normalized spacial score (nSPS) is 13.5. The number of aromatic hydroxyl groups is 1. The Morgan fingerprint density at radius 1 is 1.03 bits per heavy atom. The van der Waals surface area contributed by atoms with Gasteiger partial charge < -0.3 is 5.11 Å². The highest BCUT2D eigenvalue weighted by Crippen LogP contribution is 2.38. The number of aromatic nitrogens is 2. The van der Waals surface area contributed by atoms with E-state index in [4.69, 9.17) is 0 Å². The first-order valence-electron chi connectivity index (χ1n) is 9.05. The van der Waals surface area contributed by atoms with Gasteiger partial charge in [0.05, 0.1) is 16.2 Å². The summed E-state index contributed by atoms with van der Waals surface area (Å²) in [6.45, 7) is 3.59. The van der Waals surface area contributed by atoms with Crippen LogP contribution in [-0.4, -0.2) is 42.4 Å². The Labute approximate surface area is 174 Å². The molecule has 0 aliphatic carbocycles. The summed E-state index contributed by atoms with van der Waals surface area (Å²) in [6, 6.07) is 2.13. The quantitative estimate of drug-likeness (QED) is 0.323. The molecular weight excluding hydrogens is 412 g/mol. The Hall–Kier alpha value is -4.16. The highest BCUT2D eigenvalue weighted by atomic mass is 16.6. The Bertz CT molecular complexity index is 1290. The van der Waals surface area contributed by atoms with Crippen LogP contribution in [0.1, 0.15) is 34.6 Å². The van der Waals surface area contributed by atoms with Crippen molar-refractivity contribution < 1.29 is 19.6 Å². The van der Waals surface area contributed by atoms with Crippen LogP contribution in [0.4, 0.5) is 17.1 Å². The topological polar surface area (TPSA) is 169 Å². The van der Waals surface area contributed by atoms with Gasteiger partial charge in [-0.2, -0.15) is 0 Å². The number of fused-ring (bicyclic) bond motifs is 1. The van der Waals surface area contributed by atoms with E-state index in [1.165, 1.54) is 14.1 Å². The van der Waals surface area contributed by atoms with E-state index in [0.717, 1.165) is 21.6 Å². The van der Waals surface area contributed by atoms with Crippen LogP contribution in [0.15, 0.2) is 32.0 Å². The van der Waals surface area contributed by atoms with Crippen molar-refractivity contribution in [1.82, 2.24) is 14.0 Å². The molecule has 0 spiro atoms. The monoisotopic (exact) mass is 430 g/mol. The number of hydrogen-bond donors (Lipinski definition) is 1. The largest absolute Gasteiger partial charge is 0.493 e. The molecule has 0 atom stereocenters. The maximum absolute atomic E-state index is 12.9. The van der Waals surface area contributed by atoms with Crippen LogP contribution in [0.3, 0.4) is 0 Å². The number of nitrogens with zero attached hydrogens (tertiary/aromatic N) is 6. The lowest BCUT2D eigenvalue weighted by Crippen LogP contribution is -2.36. The Morgan fingerprint density at radius 3 is 2.23 bits per heavy atom. The molecule has 13 nitrogen and oxygen atoms in total. The van der Waals surface area contributed by atoms with Crippen molar-refractivity contribution in [3.8, 4) is 5.88 Å². The minimum atomic E-state index is -0.938. The molecule has 1 aliphatic heterocycles. The molecule has 2 heterocycles. The Morgan fingerprint density at radius 2 is 1.65 bits per heavy atom. The lowest BCUT2D eigenvalue weighted by atomic mass is 10.1. The fraction of sp³-hybridized carbons (Fsp3) is 0.333. The molecule has 1 aliphatic rings. The second-order valence-electron chi connectivity index (χ2n) is 7.30. The van der Waals surface area contributed by atoms with E-state index in [9.17, 15) is 34.4 Å². The zero-order chi connectivity index (χ0) is 23.2. The van der Waals surface area contributed by atoms with Crippen LogP contribution >= 0.6 is 0 Å². The fourth-order valence-electron chi connectivity index (χ4n) is 3.15. The van der Waals surface area contributed by atoms with E-state index >= 15 is 0 Å². The number of rotatable bonds is 5. The highest BCUT2D eigenvalue weighted by Gasteiger charge is 2.43. The summed E-state index contributed by atoms with van der Waals surface area (Å²) in [4.78, 5) is 61.2. The molecule has 2 aromatic rings. The number of nitro groups is 1. The van der Waals surface area contributed by atoms with Crippen molar-refractivity contribution in [3.63, 3.8) is 0 Å². The molecule has 0 radical (unpaired) electrons. The minimum Gasteiger partial charge on any atom is -0.493 e. The van der Waals surface area contributed by atoms with E-state index in [1.54, 1.807) is 13.8 Å². The Balaban J connectivity index is 2.20. The van der Waals surface area contributed by atoms with Gasteiger partial charge in [-0.05, 0) is 12.0 Å². The summed E-state index contributed by atoms with van der Waals surface area (Å²) in [7, 11) is 2.39. The average molecular weight is 430 g/mol. The number of carbonyl (C=O) groups excluding carboxylic acids is 2. The summed E-state index contributed by atoms with van der Waals surface area (Å²) in [5, 5.41) is 28.9. The van der Waals surface area contributed by atoms with Gasteiger partial charge in [-0.3, -0.25) is 38.5 Å². The van der Waals surface area contributed by atoms with Gasteiger partial charge in [0.2, 0.25) is 11.6 Å². The molecule has 3 rings (SSSR count). The van der Waals surface area contributed by atoms with Gasteiger partial charge >= 0.3 is 5.69 Å². The van der Waals surface area contributed by atoms with Crippen molar-refractivity contribution >= 4 is 28.9 Å². The van der Waals surface area contributed by atoms with Crippen LogP contribution < -0.4 is 11.2 Å². The number of carbonyl (C=O) groups is 2. The second kappa shape index (κ2) is 7.59. The van der Waals surface area contributed by atoms with Crippen molar-refractivity contribution in [2.24, 2.45) is 30.2 Å². The fourth-order valence-corrected chi connectivity index (χ4v) is 3.15. The lowest BCUT2D eigenvalue weighted by molar-refractivity contribution is -0.385. The third-order valence-electron chi connectivity index (χ3n) is 4.69. The second-order valence-corrected chi connectivity index (χ2v) is 7.30. The molecule has 1 N–H and O–H groups in total. The number of hydrogen-bond acceptors (Lipinski definition) is 9. The molecular formula is C18H18N6O7. The number of azo groups is 1. The summed E-state index contributed by atoms with van der Waals surface area (Å²) in [5.41, 5.74) is -3.78. The van der Waals surface area contributed by atoms with Crippen molar-refractivity contribution in [3.05, 3.63) is 54.2 Å². The summed E-state index contributed by atoms with van der Waals surface area (Å²) in [6.07, 6.45) is 0. The third kappa shape index (κ3) is 3.39. The minimum absolute atomic E-state index is 0.0439. The van der Waals surface area contributed by atoms with E-state index in [1.807, 2.05) is 0 Å². The molecule has 162 valence electrons. The van der Waals surface area contributed by atoms with Crippen molar-refractivity contribution in [2.45, 2.75) is 13.8 Å². The molecule has 2 amide bonds. The third-order valence-corrected chi connectivity index (χ3v) is 4.69. The summed E-state index contributed by atoms with van der Waals surface area (Å²) >= 11 is 0. The van der Waals surface area contributed by atoms with Crippen molar-refractivity contribution in [1.29, 1.82) is 0 Å². The van der Waals surface area contributed by atoms with Crippen LogP contribution in [0.5, 0.6) is 5.88 Å². The zero-order valence-corrected chi connectivity index (χ0v) is 17.0. The number of nitro benzene ring substituents is 1. The highest BCUT2D eigenvalue weighted by molar-refractivity contribution is 6.25.